The Labute approximate surface area is 89.1 Å². The number of carbonyl (C=O) groups is 1. The molecule has 1 heterocycles. The van der Waals surface area contributed by atoms with E-state index in [1.165, 1.54) is 6.08 Å². The molecule has 0 fully saturated rings. The van der Waals surface area contributed by atoms with Gasteiger partial charge in [-0.3, -0.25) is 0 Å². The Morgan fingerprint density at radius 3 is 2.93 bits per heavy atom. The van der Waals surface area contributed by atoms with E-state index in [2.05, 4.69) is 13.2 Å². The maximum atomic E-state index is 10.7. The molecule has 4 heteroatoms. The maximum absolute atomic E-state index is 10.7. The molecule has 0 atom stereocenters. The first kappa shape index (κ1) is 11.2. The number of hydrogen-bond acceptors (Lipinski definition) is 2. The fourth-order valence-electron chi connectivity index (χ4n) is 1.13. The molecule has 0 spiro atoms. The van der Waals surface area contributed by atoms with Gasteiger partial charge in [-0.2, -0.15) is 0 Å². The highest BCUT2D eigenvalue weighted by atomic mass is 16.5. The standard InChI is InChI=1S/C11H15N2O2/c1-3-11(14)15-9-5-6-13-8-7-12(4-2)10-13/h3-4,7-8,10H,1-2,5-6,9H2/q+1. The Morgan fingerprint density at radius 2 is 2.33 bits per heavy atom. The zero-order valence-corrected chi connectivity index (χ0v) is 8.63. The topological polar surface area (TPSA) is 35.1 Å². The van der Waals surface area contributed by atoms with Crippen LogP contribution in [0.1, 0.15) is 6.42 Å². The molecule has 0 aliphatic heterocycles. The number of aryl methyl sites for hydroxylation is 1. The van der Waals surface area contributed by atoms with Crippen LogP contribution in [-0.2, 0) is 16.1 Å². The van der Waals surface area contributed by atoms with Crippen molar-refractivity contribution in [1.82, 2.24) is 4.57 Å². The lowest BCUT2D eigenvalue weighted by atomic mass is 10.4. The van der Waals surface area contributed by atoms with Gasteiger partial charge in [0, 0.05) is 12.5 Å². The fraction of sp³-hybridized carbons (Fsp3) is 0.273. The third kappa shape index (κ3) is 3.81. The molecule has 0 N–H and O–H groups in total. The third-order valence-electron chi connectivity index (χ3n) is 1.89. The van der Waals surface area contributed by atoms with Crippen LogP contribution in [0.4, 0.5) is 0 Å². The van der Waals surface area contributed by atoms with Gasteiger partial charge in [0.2, 0.25) is 6.33 Å². The van der Waals surface area contributed by atoms with Gasteiger partial charge in [-0.25, -0.2) is 13.9 Å². The molecule has 0 radical (unpaired) electrons. The Balaban J connectivity index is 2.22. The summed E-state index contributed by atoms with van der Waals surface area (Å²) in [5.41, 5.74) is 0. The smallest absolute Gasteiger partial charge is 0.330 e. The Hall–Kier alpha value is -1.84. The number of ether oxygens (including phenoxy) is 1. The predicted octanol–water partition coefficient (Wildman–Crippen LogP) is 0.995. The van der Waals surface area contributed by atoms with Crippen molar-refractivity contribution in [3.05, 3.63) is 38.0 Å². The quantitative estimate of drug-likeness (QED) is 0.302. The third-order valence-corrected chi connectivity index (χ3v) is 1.89. The number of aromatic nitrogens is 2. The number of esters is 1. The van der Waals surface area contributed by atoms with Crippen LogP contribution in [0, 0.1) is 0 Å². The molecule has 4 nitrogen and oxygen atoms in total. The van der Waals surface area contributed by atoms with Crippen molar-refractivity contribution in [3.63, 3.8) is 0 Å². The summed E-state index contributed by atoms with van der Waals surface area (Å²) in [5, 5.41) is 0. The van der Waals surface area contributed by atoms with E-state index in [-0.39, 0.29) is 5.97 Å². The van der Waals surface area contributed by atoms with E-state index in [0.717, 1.165) is 13.0 Å². The summed E-state index contributed by atoms with van der Waals surface area (Å²) >= 11 is 0. The van der Waals surface area contributed by atoms with Crippen molar-refractivity contribution in [3.8, 4) is 0 Å². The molecule has 1 aromatic rings. The van der Waals surface area contributed by atoms with Crippen molar-refractivity contribution in [2.75, 3.05) is 6.61 Å². The molecule has 0 saturated carbocycles. The number of carbonyl (C=O) groups excluding carboxylic acids is 1. The lowest BCUT2D eigenvalue weighted by Crippen LogP contribution is -2.31. The van der Waals surface area contributed by atoms with Crippen molar-refractivity contribution in [2.45, 2.75) is 13.0 Å². The minimum atomic E-state index is -0.372. The highest BCUT2D eigenvalue weighted by molar-refractivity contribution is 5.81. The molecule has 1 rings (SSSR count). The Kier molecular flexibility index (Phi) is 4.34. The predicted molar refractivity (Wildman–Crippen MR) is 56.8 cm³/mol. The Bertz CT molecular complexity index is 355. The van der Waals surface area contributed by atoms with Crippen molar-refractivity contribution >= 4 is 12.2 Å². The monoisotopic (exact) mass is 207 g/mol. The fourth-order valence-corrected chi connectivity index (χ4v) is 1.13. The maximum Gasteiger partial charge on any atom is 0.330 e. The van der Waals surface area contributed by atoms with Crippen LogP contribution in [-0.4, -0.2) is 17.1 Å². The van der Waals surface area contributed by atoms with Crippen LogP contribution in [0.25, 0.3) is 6.20 Å². The van der Waals surface area contributed by atoms with Gasteiger partial charge in [0.15, 0.2) is 0 Å². The number of nitrogens with zero attached hydrogens (tertiary/aromatic N) is 2. The first-order chi connectivity index (χ1) is 7.26. The second-order valence-corrected chi connectivity index (χ2v) is 3.01. The van der Waals surface area contributed by atoms with Crippen molar-refractivity contribution < 1.29 is 14.1 Å². The van der Waals surface area contributed by atoms with Gasteiger partial charge in [0.25, 0.3) is 0 Å². The van der Waals surface area contributed by atoms with Gasteiger partial charge >= 0.3 is 5.97 Å². The van der Waals surface area contributed by atoms with Gasteiger partial charge in [0.1, 0.15) is 12.4 Å². The van der Waals surface area contributed by atoms with Crippen molar-refractivity contribution in [1.29, 1.82) is 0 Å². The van der Waals surface area contributed by atoms with E-state index in [9.17, 15) is 4.79 Å². The van der Waals surface area contributed by atoms with Crippen LogP contribution >= 0.6 is 0 Å². The molecule has 80 valence electrons. The van der Waals surface area contributed by atoms with Gasteiger partial charge < -0.3 is 4.74 Å². The SMILES string of the molecule is C=CC(=O)OCCC[n+]1ccn(C=C)c1. The average molecular weight is 207 g/mol. The summed E-state index contributed by atoms with van der Waals surface area (Å²) in [6.45, 7) is 8.19. The first-order valence-electron chi connectivity index (χ1n) is 4.74. The van der Waals surface area contributed by atoms with Crippen LogP contribution in [0.3, 0.4) is 0 Å². The summed E-state index contributed by atoms with van der Waals surface area (Å²) in [7, 11) is 0. The molecule has 0 saturated heterocycles. The van der Waals surface area contributed by atoms with Crippen LogP contribution < -0.4 is 4.57 Å². The zero-order chi connectivity index (χ0) is 11.1. The number of imidazole rings is 1. The number of rotatable bonds is 6. The van der Waals surface area contributed by atoms with Gasteiger partial charge in [-0.05, 0) is 0 Å². The second-order valence-electron chi connectivity index (χ2n) is 3.01. The molecule has 15 heavy (non-hydrogen) atoms. The van der Waals surface area contributed by atoms with E-state index in [4.69, 9.17) is 4.74 Å². The van der Waals surface area contributed by atoms with Crippen LogP contribution in [0.5, 0.6) is 0 Å². The zero-order valence-electron chi connectivity index (χ0n) is 8.63. The van der Waals surface area contributed by atoms with E-state index in [0.29, 0.717) is 6.61 Å². The van der Waals surface area contributed by atoms with E-state index in [1.807, 2.05) is 27.9 Å². The van der Waals surface area contributed by atoms with E-state index < -0.39 is 0 Å². The van der Waals surface area contributed by atoms with Gasteiger partial charge in [0.05, 0.1) is 19.4 Å². The highest BCUT2D eigenvalue weighted by Crippen LogP contribution is 1.88. The van der Waals surface area contributed by atoms with Crippen LogP contribution in [0.2, 0.25) is 0 Å². The molecule has 0 aliphatic carbocycles. The number of hydrogen-bond donors (Lipinski definition) is 0. The van der Waals surface area contributed by atoms with E-state index >= 15 is 0 Å². The molecule has 0 unspecified atom stereocenters. The molecule has 0 bridgehead atoms. The van der Waals surface area contributed by atoms with Gasteiger partial charge in [-0.1, -0.05) is 13.2 Å². The largest absolute Gasteiger partial charge is 0.462 e. The minimum absolute atomic E-state index is 0.372. The molecular weight excluding hydrogens is 192 g/mol. The molecule has 0 amide bonds. The lowest BCUT2D eigenvalue weighted by molar-refractivity contribution is -0.696. The summed E-state index contributed by atoms with van der Waals surface area (Å²) < 4.78 is 8.71. The first-order valence-corrected chi connectivity index (χ1v) is 4.74. The summed E-state index contributed by atoms with van der Waals surface area (Å²) in [5.74, 6) is -0.372. The summed E-state index contributed by atoms with van der Waals surface area (Å²) in [6, 6.07) is 0. The molecule has 0 aromatic carbocycles. The van der Waals surface area contributed by atoms with Gasteiger partial charge in [-0.15, -0.1) is 0 Å². The summed E-state index contributed by atoms with van der Waals surface area (Å²) in [6.07, 6.45) is 9.43. The van der Waals surface area contributed by atoms with Crippen LogP contribution in [0.15, 0.2) is 38.0 Å². The Morgan fingerprint density at radius 1 is 1.53 bits per heavy atom. The molecule has 0 aliphatic rings. The lowest BCUT2D eigenvalue weighted by Gasteiger charge is -1.99. The minimum Gasteiger partial charge on any atom is -0.462 e. The molecular formula is C11H15N2O2+. The average Bonchev–Trinajstić information content (AvgIpc) is 2.72. The van der Waals surface area contributed by atoms with Crippen molar-refractivity contribution in [2.24, 2.45) is 0 Å². The normalized spacial score (nSPS) is 9.60. The highest BCUT2D eigenvalue weighted by Gasteiger charge is 2.01. The molecule has 1 aromatic heterocycles. The second kappa shape index (κ2) is 5.80. The van der Waals surface area contributed by atoms with E-state index in [1.54, 1.807) is 6.20 Å². The summed E-state index contributed by atoms with van der Waals surface area (Å²) in [4.78, 5) is 10.7.